The Bertz CT molecular complexity index is 594. The molecule has 0 saturated carbocycles. The number of carboxylic acid groups (broad SMARTS) is 1. The lowest BCUT2D eigenvalue weighted by atomic mass is 10.2. The quantitative estimate of drug-likeness (QED) is 0.882. The summed E-state index contributed by atoms with van der Waals surface area (Å²) in [5.74, 6) is -0.926. The third-order valence-electron chi connectivity index (χ3n) is 2.77. The lowest BCUT2D eigenvalue weighted by Gasteiger charge is -2.18. The van der Waals surface area contributed by atoms with Gasteiger partial charge in [-0.3, -0.25) is 0 Å². The fourth-order valence-electron chi connectivity index (χ4n) is 1.85. The van der Waals surface area contributed by atoms with Crippen LogP contribution in [0.3, 0.4) is 0 Å². The number of benzene rings is 2. The second kappa shape index (κ2) is 5.44. The molecule has 19 heavy (non-hydrogen) atoms. The number of carboxylic acids is 1. The normalized spacial score (nSPS) is 10.0. The van der Waals surface area contributed by atoms with E-state index in [2.05, 4.69) is 5.32 Å². The zero-order valence-corrected chi connectivity index (χ0v) is 10.9. The van der Waals surface area contributed by atoms with Crippen LogP contribution in [0.4, 0.5) is 17.1 Å². The molecule has 0 radical (unpaired) electrons. The van der Waals surface area contributed by atoms with Crippen molar-refractivity contribution in [3.05, 3.63) is 54.1 Å². The van der Waals surface area contributed by atoms with Crippen LogP contribution in [0, 0.1) is 0 Å². The second-order valence-corrected chi connectivity index (χ2v) is 4.42. The van der Waals surface area contributed by atoms with Crippen molar-refractivity contribution in [2.75, 3.05) is 24.3 Å². The zero-order chi connectivity index (χ0) is 13.8. The molecule has 0 aliphatic carbocycles. The van der Waals surface area contributed by atoms with Crippen LogP contribution in [0.1, 0.15) is 10.4 Å². The van der Waals surface area contributed by atoms with E-state index < -0.39 is 5.97 Å². The molecule has 0 bridgehead atoms. The number of nitrogens with zero attached hydrogens (tertiary/aromatic N) is 1. The van der Waals surface area contributed by atoms with Gasteiger partial charge in [0.05, 0.1) is 16.9 Å². The van der Waals surface area contributed by atoms with Gasteiger partial charge in [-0.1, -0.05) is 18.2 Å². The van der Waals surface area contributed by atoms with E-state index in [0.717, 1.165) is 17.1 Å². The van der Waals surface area contributed by atoms with Crippen LogP contribution in [0.5, 0.6) is 0 Å². The van der Waals surface area contributed by atoms with E-state index in [4.69, 9.17) is 5.11 Å². The first-order valence-electron chi connectivity index (χ1n) is 5.94. The molecule has 2 aromatic carbocycles. The van der Waals surface area contributed by atoms with Crippen molar-refractivity contribution < 1.29 is 9.90 Å². The molecule has 2 aromatic rings. The van der Waals surface area contributed by atoms with Crippen molar-refractivity contribution in [3.8, 4) is 0 Å². The molecule has 0 heterocycles. The van der Waals surface area contributed by atoms with E-state index in [1.54, 1.807) is 18.2 Å². The van der Waals surface area contributed by atoms with E-state index in [0.29, 0.717) is 0 Å². The second-order valence-electron chi connectivity index (χ2n) is 4.42. The number of aromatic carboxylic acids is 1. The van der Waals surface area contributed by atoms with Gasteiger partial charge in [0.25, 0.3) is 0 Å². The summed E-state index contributed by atoms with van der Waals surface area (Å²) < 4.78 is 0. The third kappa shape index (κ3) is 3.04. The van der Waals surface area contributed by atoms with Gasteiger partial charge >= 0.3 is 5.97 Å². The Morgan fingerprint density at radius 2 is 1.84 bits per heavy atom. The maximum atomic E-state index is 10.9. The third-order valence-corrected chi connectivity index (χ3v) is 2.77. The Hall–Kier alpha value is -2.49. The summed E-state index contributed by atoms with van der Waals surface area (Å²) in [6.45, 7) is 0. The minimum Gasteiger partial charge on any atom is -0.478 e. The highest BCUT2D eigenvalue weighted by atomic mass is 16.4. The molecular weight excluding hydrogens is 240 g/mol. The standard InChI is InChI=1S/C15H16N2O2/c1-17(2)14-9-4-3-8-13(14)16-12-7-5-6-11(10-12)15(18)19/h3-10,16H,1-2H3,(H,18,19). The summed E-state index contributed by atoms with van der Waals surface area (Å²) in [6.07, 6.45) is 0. The molecule has 4 nitrogen and oxygen atoms in total. The molecule has 0 amide bonds. The number of anilines is 3. The molecule has 0 spiro atoms. The fraction of sp³-hybridized carbons (Fsp3) is 0.133. The minimum absolute atomic E-state index is 0.271. The van der Waals surface area contributed by atoms with E-state index in [1.807, 2.05) is 49.3 Å². The first-order valence-corrected chi connectivity index (χ1v) is 5.94. The summed E-state index contributed by atoms with van der Waals surface area (Å²) in [6, 6.07) is 14.6. The molecule has 98 valence electrons. The minimum atomic E-state index is -0.926. The molecule has 0 unspecified atom stereocenters. The zero-order valence-electron chi connectivity index (χ0n) is 10.9. The van der Waals surface area contributed by atoms with Gasteiger partial charge in [-0.05, 0) is 30.3 Å². The lowest BCUT2D eigenvalue weighted by Crippen LogP contribution is -2.10. The van der Waals surface area contributed by atoms with E-state index >= 15 is 0 Å². The van der Waals surface area contributed by atoms with Crippen molar-refractivity contribution >= 4 is 23.0 Å². The highest BCUT2D eigenvalue weighted by Crippen LogP contribution is 2.27. The maximum absolute atomic E-state index is 10.9. The van der Waals surface area contributed by atoms with Gasteiger partial charge < -0.3 is 15.3 Å². The summed E-state index contributed by atoms with van der Waals surface area (Å²) in [5, 5.41) is 12.2. The number of para-hydroxylation sites is 2. The van der Waals surface area contributed by atoms with Gasteiger partial charge in [0.1, 0.15) is 0 Å². The summed E-state index contributed by atoms with van der Waals surface area (Å²) in [7, 11) is 3.93. The van der Waals surface area contributed by atoms with Gasteiger partial charge in [-0.15, -0.1) is 0 Å². The smallest absolute Gasteiger partial charge is 0.335 e. The first-order chi connectivity index (χ1) is 9.08. The number of rotatable bonds is 4. The number of hydrogen-bond donors (Lipinski definition) is 2. The first kappa shape index (κ1) is 13.0. The summed E-state index contributed by atoms with van der Waals surface area (Å²) in [4.78, 5) is 12.9. The van der Waals surface area contributed by atoms with Crippen LogP contribution in [0.2, 0.25) is 0 Å². The molecule has 0 aromatic heterocycles. The highest BCUT2D eigenvalue weighted by molar-refractivity contribution is 5.89. The Labute approximate surface area is 112 Å². The highest BCUT2D eigenvalue weighted by Gasteiger charge is 2.06. The number of carbonyl (C=O) groups is 1. The molecule has 0 saturated heterocycles. The molecule has 0 atom stereocenters. The van der Waals surface area contributed by atoms with Crippen molar-refractivity contribution in [1.82, 2.24) is 0 Å². The number of nitrogens with one attached hydrogen (secondary N) is 1. The molecule has 0 aliphatic heterocycles. The Balaban J connectivity index is 2.31. The van der Waals surface area contributed by atoms with Gasteiger partial charge in [0.2, 0.25) is 0 Å². The summed E-state index contributed by atoms with van der Waals surface area (Å²) in [5.41, 5.74) is 3.01. The summed E-state index contributed by atoms with van der Waals surface area (Å²) >= 11 is 0. The van der Waals surface area contributed by atoms with Crippen LogP contribution in [-0.4, -0.2) is 25.2 Å². The van der Waals surface area contributed by atoms with Gasteiger partial charge in [-0.25, -0.2) is 4.79 Å². The van der Waals surface area contributed by atoms with Crippen molar-refractivity contribution in [2.24, 2.45) is 0 Å². The van der Waals surface area contributed by atoms with E-state index in [-0.39, 0.29) is 5.56 Å². The predicted molar refractivity (Wildman–Crippen MR) is 77.5 cm³/mol. The Kier molecular flexibility index (Phi) is 3.71. The van der Waals surface area contributed by atoms with E-state index in [9.17, 15) is 4.79 Å². The Morgan fingerprint density at radius 3 is 2.53 bits per heavy atom. The fourth-order valence-corrected chi connectivity index (χ4v) is 1.85. The van der Waals surface area contributed by atoms with Crippen molar-refractivity contribution in [1.29, 1.82) is 0 Å². The van der Waals surface area contributed by atoms with Gasteiger partial charge in [0, 0.05) is 19.8 Å². The van der Waals surface area contributed by atoms with Gasteiger partial charge in [-0.2, -0.15) is 0 Å². The monoisotopic (exact) mass is 256 g/mol. The molecule has 0 aliphatic rings. The molecule has 2 N–H and O–H groups in total. The molecule has 4 heteroatoms. The average molecular weight is 256 g/mol. The number of hydrogen-bond acceptors (Lipinski definition) is 3. The van der Waals surface area contributed by atoms with Crippen LogP contribution in [0.15, 0.2) is 48.5 Å². The van der Waals surface area contributed by atoms with Crippen LogP contribution in [-0.2, 0) is 0 Å². The SMILES string of the molecule is CN(C)c1ccccc1Nc1cccc(C(=O)O)c1. The van der Waals surface area contributed by atoms with Crippen LogP contribution >= 0.6 is 0 Å². The van der Waals surface area contributed by atoms with Crippen LogP contribution in [0.25, 0.3) is 0 Å². The molecule has 2 rings (SSSR count). The lowest BCUT2D eigenvalue weighted by molar-refractivity contribution is 0.0697. The van der Waals surface area contributed by atoms with Crippen LogP contribution < -0.4 is 10.2 Å². The molecular formula is C15H16N2O2. The van der Waals surface area contributed by atoms with Gasteiger partial charge in [0.15, 0.2) is 0 Å². The molecule has 0 fully saturated rings. The Morgan fingerprint density at radius 1 is 1.11 bits per heavy atom. The van der Waals surface area contributed by atoms with Crippen molar-refractivity contribution in [2.45, 2.75) is 0 Å². The predicted octanol–water partition coefficient (Wildman–Crippen LogP) is 3.19. The maximum Gasteiger partial charge on any atom is 0.335 e. The van der Waals surface area contributed by atoms with Crippen molar-refractivity contribution in [3.63, 3.8) is 0 Å². The topological polar surface area (TPSA) is 52.6 Å². The largest absolute Gasteiger partial charge is 0.478 e. The average Bonchev–Trinajstić information content (AvgIpc) is 2.39. The van der Waals surface area contributed by atoms with E-state index in [1.165, 1.54) is 0 Å².